The van der Waals surface area contributed by atoms with E-state index < -0.39 is 5.91 Å². The predicted octanol–water partition coefficient (Wildman–Crippen LogP) is 1.64. The number of thiophene rings is 1. The van der Waals surface area contributed by atoms with Crippen molar-refractivity contribution in [2.75, 3.05) is 20.6 Å². The van der Waals surface area contributed by atoms with Crippen molar-refractivity contribution in [1.82, 2.24) is 19.8 Å². The first-order valence-corrected chi connectivity index (χ1v) is 9.21. The van der Waals surface area contributed by atoms with Gasteiger partial charge in [-0.2, -0.15) is 0 Å². The zero-order chi connectivity index (χ0) is 19.6. The molecule has 0 aliphatic heterocycles. The molecule has 1 aromatic carbocycles. The molecule has 8 heteroatoms. The maximum atomic E-state index is 13.0. The lowest BCUT2D eigenvalue weighted by atomic mass is 10.0. The van der Waals surface area contributed by atoms with Crippen LogP contribution < -0.4 is 10.9 Å². The molecule has 3 rings (SSSR count). The number of carbonyl (C=O) groups excluding carboxylic acids is 2. The van der Waals surface area contributed by atoms with Crippen LogP contribution in [0.4, 0.5) is 0 Å². The number of hydrogen-bond acceptors (Lipinski definition) is 5. The molecule has 0 saturated carbocycles. The Labute approximate surface area is 160 Å². The van der Waals surface area contributed by atoms with Crippen molar-refractivity contribution in [3.63, 3.8) is 0 Å². The first-order chi connectivity index (χ1) is 12.9. The largest absolute Gasteiger partial charge is 0.347 e. The maximum absolute atomic E-state index is 13.0. The number of nitrogens with zero attached hydrogens (tertiary/aromatic N) is 3. The number of likely N-dealkylation sites (N-methyl/N-ethyl adjacent to an activating group) is 1. The van der Waals surface area contributed by atoms with Crippen LogP contribution in [0.1, 0.15) is 4.88 Å². The third kappa shape index (κ3) is 3.90. The average Bonchev–Trinajstić information content (AvgIpc) is 2.99. The van der Waals surface area contributed by atoms with E-state index in [-0.39, 0.29) is 24.6 Å². The summed E-state index contributed by atoms with van der Waals surface area (Å²) < 4.78 is 1.27. The monoisotopic (exact) mass is 384 g/mol. The minimum Gasteiger partial charge on any atom is -0.347 e. The highest BCUT2D eigenvalue weighted by atomic mass is 32.1. The van der Waals surface area contributed by atoms with Crippen molar-refractivity contribution in [3.05, 3.63) is 51.9 Å². The van der Waals surface area contributed by atoms with Crippen LogP contribution in [0.25, 0.3) is 21.3 Å². The van der Waals surface area contributed by atoms with Gasteiger partial charge in [0.2, 0.25) is 11.8 Å². The van der Waals surface area contributed by atoms with Crippen molar-refractivity contribution in [2.24, 2.45) is 0 Å². The third-order valence-corrected chi connectivity index (χ3v) is 5.18. The van der Waals surface area contributed by atoms with Gasteiger partial charge in [-0.3, -0.25) is 19.0 Å². The first-order valence-electron chi connectivity index (χ1n) is 8.39. The number of rotatable bonds is 5. The van der Waals surface area contributed by atoms with Gasteiger partial charge in [-0.25, -0.2) is 4.98 Å². The Morgan fingerprint density at radius 1 is 1.22 bits per heavy atom. The maximum Gasteiger partial charge on any atom is 0.263 e. The standard InChI is InChI=1S/C19H20N4O3S/c1-12-16(13-7-5-4-6-8-13)17-18(27-12)21-11-23(19(17)26)10-14(24)20-9-15(25)22(2)3/h4-8,11H,9-10H2,1-3H3,(H,20,24). The molecule has 7 nitrogen and oxygen atoms in total. The zero-order valence-corrected chi connectivity index (χ0v) is 16.2. The van der Waals surface area contributed by atoms with Crippen LogP contribution in [0.5, 0.6) is 0 Å². The zero-order valence-electron chi connectivity index (χ0n) is 15.4. The van der Waals surface area contributed by atoms with Gasteiger partial charge in [0.1, 0.15) is 11.4 Å². The first kappa shape index (κ1) is 18.8. The summed E-state index contributed by atoms with van der Waals surface area (Å²) in [6, 6.07) is 9.66. The second-order valence-electron chi connectivity index (χ2n) is 6.32. The van der Waals surface area contributed by atoms with Crippen molar-refractivity contribution in [1.29, 1.82) is 0 Å². The van der Waals surface area contributed by atoms with Crippen molar-refractivity contribution in [2.45, 2.75) is 13.5 Å². The van der Waals surface area contributed by atoms with E-state index in [0.717, 1.165) is 16.0 Å². The Kier molecular flexibility index (Phi) is 5.36. The highest BCUT2D eigenvalue weighted by Gasteiger charge is 2.17. The minimum atomic E-state index is -0.415. The fourth-order valence-electron chi connectivity index (χ4n) is 2.75. The van der Waals surface area contributed by atoms with Crippen molar-refractivity contribution in [3.8, 4) is 11.1 Å². The molecule has 0 bridgehead atoms. The highest BCUT2D eigenvalue weighted by molar-refractivity contribution is 7.19. The minimum absolute atomic E-state index is 0.108. The van der Waals surface area contributed by atoms with Crippen LogP contribution in [0.2, 0.25) is 0 Å². The number of benzene rings is 1. The molecule has 2 heterocycles. The molecule has 0 spiro atoms. The molecule has 3 aromatic rings. The van der Waals surface area contributed by atoms with Crippen LogP contribution in [0.15, 0.2) is 41.5 Å². The number of nitrogens with one attached hydrogen (secondary N) is 1. The molecule has 140 valence electrons. The van der Waals surface area contributed by atoms with Gasteiger partial charge in [-0.1, -0.05) is 30.3 Å². The SMILES string of the molecule is Cc1sc2ncn(CC(=O)NCC(=O)N(C)C)c(=O)c2c1-c1ccccc1. The smallest absolute Gasteiger partial charge is 0.263 e. The molecule has 27 heavy (non-hydrogen) atoms. The van der Waals surface area contributed by atoms with Gasteiger partial charge in [0.05, 0.1) is 18.3 Å². The number of hydrogen-bond donors (Lipinski definition) is 1. The molecule has 1 N–H and O–H groups in total. The molecule has 2 aromatic heterocycles. The second-order valence-corrected chi connectivity index (χ2v) is 7.53. The molecule has 0 radical (unpaired) electrons. The predicted molar refractivity (Wildman–Crippen MR) is 106 cm³/mol. The van der Waals surface area contributed by atoms with E-state index >= 15 is 0 Å². The molecule has 2 amide bonds. The van der Waals surface area contributed by atoms with Gasteiger partial charge >= 0.3 is 0 Å². The van der Waals surface area contributed by atoms with Crippen LogP contribution in [0.3, 0.4) is 0 Å². The summed E-state index contributed by atoms with van der Waals surface area (Å²) in [7, 11) is 3.22. The fourth-order valence-corrected chi connectivity index (χ4v) is 3.75. The van der Waals surface area contributed by atoms with E-state index in [4.69, 9.17) is 0 Å². The molecule has 0 saturated heterocycles. The Bertz CT molecular complexity index is 1050. The van der Waals surface area contributed by atoms with Crippen molar-refractivity contribution < 1.29 is 9.59 Å². The Morgan fingerprint density at radius 2 is 1.93 bits per heavy atom. The highest BCUT2D eigenvalue weighted by Crippen LogP contribution is 2.35. The van der Waals surface area contributed by atoms with Gasteiger partial charge in [0, 0.05) is 24.5 Å². The number of aryl methyl sites for hydroxylation is 1. The van der Waals surface area contributed by atoms with Crippen LogP contribution in [-0.4, -0.2) is 46.9 Å². The Balaban J connectivity index is 1.92. The lowest BCUT2D eigenvalue weighted by molar-refractivity contribution is -0.131. The number of fused-ring (bicyclic) bond motifs is 1. The van der Waals surface area contributed by atoms with Gasteiger partial charge in [0.25, 0.3) is 5.56 Å². The summed E-state index contributed by atoms with van der Waals surface area (Å²) in [5, 5.41) is 3.04. The number of carbonyl (C=O) groups is 2. The van der Waals surface area contributed by atoms with E-state index in [1.807, 2.05) is 37.3 Å². The molecule has 0 aliphatic carbocycles. The average molecular weight is 384 g/mol. The van der Waals surface area contributed by atoms with E-state index in [9.17, 15) is 14.4 Å². The second kappa shape index (κ2) is 7.71. The summed E-state index contributed by atoms with van der Waals surface area (Å²) in [5.41, 5.74) is 1.53. The third-order valence-electron chi connectivity index (χ3n) is 4.17. The van der Waals surface area contributed by atoms with E-state index in [1.54, 1.807) is 14.1 Å². The number of amides is 2. The molecular weight excluding hydrogens is 364 g/mol. The van der Waals surface area contributed by atoms with Crippen molar-refractivity contribution >= 4 is 33.4 Å². The number of aromatic nitrogens is 2. The van der Waals surface area contributed by atoms with E-state index in [1.165, 1.54) is 27.1 Å². The summed E-state index contributed by atoms with van der Waals surface area (Å²) in [4.78, 5) is 44.1. The van der Waals surface area contributed by atoms with Gasteiger partial charge in [-0.15, -0.1) is 11.3 Å². The summed E-state index contributed by atoms with van der Waals surface area (Å²) in [6.07, 6.45) is 1.38. The summed E-state index contributed by atoms with van der Waals surface area (Å²) in [5.74, 6) is -0.634. The molecule has 0 aliphatic rings. The van der Waals surface area contributed by atoms with Crippen LogP contribution in [-0.2, 0) is 16.1 Å². The quantitative estimate of drug-likeness (QED) is 0.725. The lowest BCUT2D eigenvalue weighted by Gasteiger charge is -2.11. The Morgan fingerprint density at radius 3 is 2.59 bits per heavy atom. The van der Waals surface area contributed by atoms with Gasteiger partial charge in [0.15, 0.2) is 0 Å². The van der Waals surface area contributed by atoms with Crippen LogP contribution in [0, 0.1) is 6.92 Å². The van der Waals surface area contributed by atoms with Gasteiger partial charge in [-0.05, 0) is 12.5 Å². The van der Waals surface area contributed by atoms with Crippen LogP contribution >= 0.6 is 11.3 Å². The summed E-state index contributed by atoms with van der Waals surface area (Å²) >= 11 is 1.46. The molecule has 0 unspecified atom stereocenters. The topological polar surface area (TPSA) is 84.3 Å². The fraction of sp³-hybridized carbons (Fsp3) is 0.263. The molecule has 0 fully saturated rings. The summed E-state index contributed by atoms with van der Waals surface area (Å²) in [6.45, 7) is 1.66. The van der Waals surface area contributed by atoms with E-state index in [2.05, 4.69) is 10.3 Å². The normalized spacial score (nSPS) is 10.8. The molecular formula is C19H20N4O3S. The van der Waals surface area contributed by atoms with E-state index in [0.29, 0.717) is 10.2 Å². The Hall–Kier alpha value is -3.00. The molecule has 0 atom stereocenters. The lowest BCUT2D eigenvalue weighted by Crippen LogP contribution is -2.39. The van der Waals surface area contributed by atoms with Gasteiger partial charge < -0.3 is 10.2 Å².